The number of unbranched alkanes of at least 4 members (excludes halogenated alkanes) is 2. The number of rotatable bonds is 7. The van der Waals surface area contributed by atoms with Gasteiger partial charge in [0.25, 0.3) is 0 Å². The normalized spacial score (nSPS) is 12.1. The second-order valence-corrected chi connectivity index (χ2v) is 3.85. The van der Waals surface area contributed by atoms with Gasteiger partial charge in [0.15, 0.2) is 0 Å². The topological polar surface area (TPSA) is 12.0 Å². The summed E-state index contributed by atoms with van der Waals surface area (Å²) in [5.41, 5.74) is 1.18. The molecule has 1 aromatic carbocycles. The first-order valence-corrected chi connectivity index (χ1v) is 5.81. The summed E-state index contributed by atoms with van der Waals surface area (Å²) < 4.78 is 0. The highest BCUT2D eigenvalue weighted by atomic mass is 14.9. The zero-order valence-corrected chi connectivity index (χ0v) is 9.58. The van der Waals surface area contributed by atoms with Crippen LogP contribution in [0.1, 0.15) is 32.6 Å². The van der Waals surface area contributed by atoms with Crippen LogP contribution in [0, 0.1) is 0 Å². The van der Waals surface area contributed by atoms with Gasteiger partial charge in [-0.25, -0.2) is 0 Å². The van der Waals surface area contributed by atoms with Gasteiger partial charge in [0.1, 0.15) is 0 Å². The molecule has 1 atom stereocenters. The van der Waals surface area contributed by atoms with Crippen molar-refractivity contribution in [2.45, 2.75) is 38.6 Å². The van der Waals surface area contributed by atoms with E-state index in [4.69, 9.17) is 0 Å². The highest BCUT2D eigenvalue weighted by Crippen LogP contribution is 2.12. The maximum Gasteiger partial charge on any atom is 0.0441 e. The predicted molar refractivity (Wildman–Crippen MR) is 68.2 cm³/mol. The summed E-state index contributed by atoms with van der Waals surface area (Å²) >= 11 is 0. The van der Waals surface area contributed by atoms with E-state index in [1.54, 1.807) is 0 Å². The van der Waals surface area contributed by atoms with E-state index in [1.807, 2.05) is 12.1 Å². The summed E-state index contributed by atoms with van der Waals surface area (Å²) in [7, 11) is 0. The Morgan fingerprint density at radius 1 is 1.27 bits per heavy atom. The average Bonchev–Trinajstić information content (AvgIpc) is 2.29. The van der Waals surface area contributed by atoms with Gasteiger partial charge >= 0.3 is 0 Å². The molecule has 0 amide bonds. The van der Waals surface area contributed by atoms with E-state index < -0.39 is 0 Å². The molecular weight excluding hydrogens is 182 g/mol. The van der Waals surface area contributed by atoms with E-state index in [0.717, 1.165) is 0 Å². The Labute approximate surface area is 93.2 Å². The largest absolute Gasteiger partial charge is 0.379 e. The zero-order valence-electron chi connectivity index (χ0n) is 9.58. The smallest absolute Gasteiger partial charge is 0.0441 e. The van der Waals surface area contributed by atoms with Crippen molar-refractivity contribution in [1.82, 2.24) is 0 Å². The predicted octanol–water partition coefficient (Wildman–Crippen LogP) is 4.23. The van der Waals surface area contributed by atoms with Gasteiger partial charge in [-0.15, -0.1) is 6.58 Å². The van der Waals surface area contributed by atoms with Crippen molar-refractivity contribution < 1.29 is 0 Å². The number of nitrogens with one attached hydrogen (secondary N) is 1. The third-order valence-electron chi connectivity index (χ3n) is 2.53. The molecule has 0 bridgehead atoms. The quantitative estimate of drug-likeness (QED) is 0.516. The van der Waals surface area contributed by atoms with Crippen molar-refractivity contribution >= 4 is 5.69 Å². The maximum absolute atomic E-state index is 3.87. The molecule has 0 fully saturated rings. The van der Waals surface area contributed by atoms with Gasteiger partial charge in [0, 0.05) is 11.7 Å². The molecule has 1 nitrogen and oxygen atoms in total. The zero-order chi connectivity index (χ0) is 10.9. The van der Waals surface area contributed by atoms with Gasteiger partial charge in [0.05, 0.1) is 0 Å². The Morgan fingerprint density at radius 2 is 2.00 bits per heavy atom. The minimum atomic E-state index is 0.402. The van der Waals surface area contributed by atoms with Crippen LogP contribution >= 0.6 is 0 Å². The standard InChI is InChI=1S/C14H21N/c1-3-5-7-10-13(4-2)15-14-11-8-6-9-12-14/h4,6,8-9,11-13,15H,2-3,5,7,10H2,1H3. The molecule has 0 radical (unpaired) electrons. The van der Waals surface area contributed by atoms with Crippen LogP contribution in [-0.4, -0.2) is 6.04 Å². The molecule has 0 saturated carbocycles. The summed E-state index contributed by atoms with van der Waals surface area (Å²) in [6.07, 6.45) is 7.03. The Hall–Kier alpha value is -1.24. The van der Waals surface area contributed by atoms with Gasteiger partial charge in [-0.05, 0) is 18.6 Å². The summed E-state index contributed by atoms with van der Waals surface area (Å²) in [4.78, 5) is 0. The van der Waals surface area contributed by atoms with Crippen LogP contribution in [0.25, 0.3) is 0 Å². The maximum atomic E-state index is 3.87. The molecule has 1 N–H and O–H groups in total. The monoisotopic (exact) mass is 203 g/mol. The van der Waals surface area contributed by atoms with Gasteiger partial charge in [0.2, 0.25) is 0 Å². The van der Waals surface area contributed by atoms with Gasteiger partial charge in [-0.2, -0.15) is 0 Å². The highest BCUT2D eigenvalue weighted by Gasteiger charge is 2.02. The molecule has 1 unspecified atom stereocenters. The van der Waals surface area contributed by atoms with E-state index in [2.05, 4.69) is 43.1 Å². The van der Waals surface area contributed by atoms with Crippen LogP contribution < -0.4 is 5.32 Å². The number of benzene rings is 1. The minimum Gasteiger partial charge on any atom is -0.379 e. The SMILES string of the molecule is C=CC(CCCCC)Nc1ccccc1. The van der Waals surface area contributed by atoms with E-state index in [-0.39, 0.29) is 0 Å². The molecule has 1 heteroatoms. The minimum absolute atomic E-state index is 0.402. The number of hydrogen-bond donors (Lipinski definition) is 1. The molecular formula is C14H21N. The van der Waals surface area contributed by atoms with Crippen LogP contribution in [0.3, 0.4) is 0 Å². The summed E-state index contributed by atoms with van der Waals surface area (Å²) in [6.45, 7) is 6.10. The fraction of sp³-hybridized carbons (Fsp3) is 0.429. The van der Waals surface area contributed by atoms with Crippen molar-refractivity contribution in [3.63, 3.8) is 0 Å². The molecule has 1 rings (SSSR count). The van der Waals surface area contributed by atoms with Crippen LogP contribution in [0.2, 0.25) is 0 Å². The Kier molecular flexibility index (Phi) is 5.60. The van der Waals surface area contributed by atoms with Gasteiger partial charge in [-0.1, -0.05) is 50.5 Å². The molecule has 0 aliphatic heterocycles. The highest BCUT2D eigenvalue weighted by molar-refractivity contribution is 5.44. The van der Waals surface area contributed by atoms with Gasteiger partial charge < -0.3 is 5.32 Å². The first-order valence-electron chi connectivity index (χ1n) is 5.81. The van der Waals surface area contributed by atoms with E-state index >= 15 is 0 Å². The molecule has 0 spiro atoms. The molecule has 0 aliphatic rings. The molecule has 15 heavy (non-hydrogen) atoms. The average molecular weight is 203 g/mol. The first-order chi connectivity index (χ1) is 7.36. The summed E-state index contributed by atoms with van der Waals surface area (Å²) in [6, 6.07) is 10.7. The Morgan fingerprint density at radius 3 is 2.60 bits per heavy atom. The van der Waals surface area contributed by atoms with Crippen molar-refractivity contribution in [1.29, 1.82) is 0 Å². The molecule has 82 valence electrons. The number of anilines is 1. The lowest BCUT2D eigenvalue weighted by atomic mass is 10.1. The molecule has 1 aromatic rings. The number of para-hydroxylation sites is 1. The van der Waals surface area contributed by atoms with Crippen LogP contribution in [0.15, 0.2) is 43.0 Å². The lowest BCUT2D eigenvalue weighted by molar-refractivity contribution is 0.642. The molecule has 0 aliphatic carbocycles. The third-order valence-corrected chi connectivity index (χ3v) is 2.53. The van der Waals surface area contributed by atoms with Crippen LogP contribution in [0.5, 0.6) is 0 Å². The number of hydrogen-bond acceptors (Lipinski definition) is 1. The molecule has 0 saturated heterocycles. The third kappa shape index (κ3) is 4.68. The molecule has 0 heterocycles. The van der Waals surface area contributed by atoms with Crippen LogP contribution in [-0.2, 0) is 0 Å². The Bertz CT molecular complexity index is 266. The van der Waals surface area contributed by atoms with E-state index in [0.29, 0.717) is 6.04 Å². The lowest BCUT2D eigenvalue weighted by Crippen LogP contribution is -2.16. The van der Waals surface area contributed by atoms with Crippen molar-refractivity contribution in [3.05, 3.63) is 43.0 Å². The second kappa shape index (κ2) is 7.10. The first kappa shape index (κ1) is 11.8. The second-order valence-electron chi connectivity index (χ2n) is 3.85. The van der Waals surface area contributed by atoms with Crippen molar-refractivity contribution in [2.75, 3.05) is 5.32 Å². The molecule has 0 aromatic heterocycles. The van der Waals surface area contributed by atoms with Crippen LogP contribution in [0.4, 0.5) is 5.69 Å². The Balaban J connectivity index is 2.37. The lowest BCUT2D eigenvalue weighted by Gasteiger charge is -2.15. The van der Waals surface area contributed by atoms with Crippen molar-refractivity contribution in [2.24, 2.45) is 0 Å². The fourth-order valence-corrected chi connectivity index (χ4v) is 1.61. The fourth-order valence-electron chi connectivity index (χ4n) is 1.61. The van der Waals surface area contributed by atoms with E-state index in [1.165, 1.54) is 31.4 Å². The summed E-state index contributed by atoms with van der Waals surface area (Å²) in [5.74, 6) is 0. The van der Waals surface area contributed by atoms with E-state index in [9.17, 15) is 0 Å². The summed E-state index contributed by atoms with van der Waals surface area (Å²) in [5, 5.41) is 3.47. The van der Waals surface area contributed by atoms with Crippen molar-refractivity contribution in [3.8, 4) is 0 Å². The van der Waals surface area contributed by atoms with Gasteiger partial charge in [-0.3, -0.25) is 0 Å².